The van der Waals surface area contributed by atoms with Gasteiger partial charge in [-0.05, 0) is 35.0 Å². The molecule has 0 fully saturated rings. The molecule has 0 aliphatic heterocycles. The molecule has 2 aromatic heterocycles. The molecule has 0 aliphatic carbocycles. The molecule has 0 amide bonds. The molecule has 0 saturated carbocycles. The monoisotopic (exact) mass is 273 g/mol. The van der Waals surface area contributed by atoms with E-state index in [2.05, 4.69) is 4.98 Å². The van der Waals surface area contributed by atoms with Crippen LogP contribution in [0.4, 0.5) is 0 Å². The number of hydrogen-bond acceptors (Lipinski definition) is 3. The first-order valence-electron chi connectivity index (χ1n) is 6.70. The third-order valence-electron chi connectivity index (χ3n) is 3.58. The van der Waals surface area contributed by atoms with Crippen LogP contribution in [0.15, 0.2) is 76.1 Å². The molecule has 0 N–H and O–H groups in total. The molecule has 0 bridgehead atoms. The summed E-state index contributed by atoms with van der Waals surface area (Å²) in [4.78, 5) is 16.4. The van der Waals surface area contributed by atoms with Gasteiger partial charge in [-0.15, -0.1) is 0 Å². The second kappa shape index (κ2) is 4.56. The maximum atomic E-state index is 12.2. The highest BCUT2D eigenvalue weighted by atomic mass is 16.4. The average molecular weight is 273 g/mol. The number of pyridine rings is 1. The quantitative estimate of drug-likeness (QED) is 0.389. The molecule has 0 unspecified atom stereocenters. The molecule has 3 heteroatoms. The normalized spacial score (nSPS) is 11.0. The predicted molar refractivity (Wildman–Crippen MR) is 83.2 cm³/mol. The SMILES string of the molecule is O=c1oc2ccc3ccccc3c2cc1-c1ccccn1. The van der Waals surface area contributed by atoms with Gasteiger partial charge in [0.2, 0.25) is 0 Å². The second-order valence-electron chi connectivity index (χ2n) is 4.86. The van der Waals surface area contributed by atoms with E-state index in [0.29, 0.717) is 16.8 Å². The minimum atomic E-state index is -0.364. The zero-order chi connectivity index (χ0) is 14.2. The maximum absolute atomic E-state index is 12.2. The van der Waals surface area contributed by atoms with Crippen molar-refractivity contribution in [3.8, 4) is 11.3 Å². The van der Waals surface area contributed by atoms with Crippen molar-refractivity contribution in [3.63, 3.8) is 0 Å². The van der Waals surface area contributed by atoms with Crippen LogP contribution in [0.5, 0.6) is 0 Å². The van der Waals surface area contributed by atoms with Gasteiger partial charge in [-0.1, -0.05) is 36.4 Å². The van der Waals surface area contributed by atoms with E-state index in [9.17, 15) is 4.79 Å². The van der Waals surface area contributed by atoms with E-state index in [1.165, 1.54) is 0 Å². The minimum Gasteiger partial charge on any atom is -0.422 e. The molecule has 21 heavy (non-hydrogen) atoms. The fourth-order valence-corrected chi connectivity index (χ4v) is 2.57. The van der Waals surface area contributed by atoms with E-state index in [4.69, 9.17) is 4.42 Å². The summed E-state index contributed by atoms with van der Waals surface area (Å²) in [5, 5.41) is 3.11. The molecular weight excluding hydrogens is 262 g/mol. The number of fused-ring (bicyclic) bond motifs is 3. The summed E-state index contributed by atoms with van der Waals surface area (Å²) in [5.41, 5.74) is 1.34. The lowest BCUT2D eigenvalue weighted by Gasteiger charge is -2.05. The van der Waals surface area contributed by atoms with Crippen LogP contribution in [0.3, 0.4) is 0 Å². The fourth-order valence-electron chi connectivity index (χ4n) is 2.57. The van der Waals surface area contributed by atoms with Gasteiger partial charge >= 0.3 is 5.63 Å². The van der Waals surface area contributed by atoms with E-state index in [0.717, 1.165) is 16.2 Å². The van der Waals surface area contributed by atoms with E-state index in [1.54, 1.807) is 6.20 Å². The first-order valence-corrected chi connectivity index (χ1v) is 6.70. The van der Waals surface area contributed by atoms with E-state index < -0.39 is 0 Å². The molecule has 4 rings (SSSR count). The molecule has 2 aromatic carbocycles. The van der Waals surface area contributed by atoms with E-state index in [1.807, 2.05) is 60.7 Å². The molecule has 0 radical (unpaired) electrons. The number of rotatable bonds is 1. The predicted octanol–water partition coefficient (Wildman–Crippen LogP) is 4.01. The smallest absolute Gasteiger partial charge is 0.345 e. The summed E-state index contributed by atoms with van der Waals surface area (Å²) in [6.07, 6.45) is 1.67. The Morgan fingerprint density at radius 1 is 0.857 bits per heavy atom. The molecule has 3 nitrogen and oxygen atoms in total. The van der Waals surface area contributed by atoms with Gasteiger partial charge in [0, 0.05) is 11.6 Å². The van der Waals surface area contributed by atoms with Crippen molar-refractivity contribution in [2.75, 3.05) is 0 Å². The molecule has 0 aliphatic rings. The van der Waals surface area contributed by atoms with Gasteiger partial charge in [-0.2, -0.15) is 0 Å². The van der Waals surface area contributed by atoms with Crippen molar-refractivity contribution < 1.29 is 4.42 Å². The average Bonchev–Trinajstić information content (AvgIpc) is 2.55. The van der Waals surface area contributed by atoms with Gasteiger partial charge in [-0.25, -0.2) is 4.79 Å². The Bertz CT molecular complexity index is 1000. The first kappa shape index (κ1) is 11.9. The third-order valence-corrected chi connectivity index (χ3v) is 3.58. The van der Waals surface area contributed by atoms with Gasteiger partial charge in [0.1, 0.15) is 5.58 Å². The lowest BCUT2D eigenvalue weighted by atomic mass is 10.0. The van der Waals surface area contributed by atoms with Crippen LogP contribution in [0, 0.1) is 0 Å². The van der Waals surface area contributed by atoms with Crippen molar-refractivity contribution in [2.24, 2.45) is 0 Å². The van der Waals surface area contributed by atoms with Crippen molar-refractivity contribution in [1.82, 2.24) is 4.98 Å². The van der Waals surface area contributed by atoms with E-state index in [-0.39, 0.29) is 5.63 Å². The zero-order valence-electron chi connectivity index (χ0n) is 11.1. The van der Waals surface area contributed by atoms with Gasteiger partial charge in [-0.3, -0.25) is 4.98 Å². The highest BCUT2D eigenvalue weighted by molar-refractivity contribution is 6.06. The third kappa shape index (κ3) is 1.91. The molecule has 2 heterocycles. The molecule has 100 valence electrons. The van der Waals surface area contributed by atoms with Gasteiger partial charge in [0.25, 0.3) is 0 Å². The summed E-state index contributed by atoms with van der Waals surface area (Å²) in [6.45, 7) is 0. The maximum Gasteiger partial charge on any atom is 0.345 e. The summed E-state index contributed by atoms with van der Waals surface area (Å²) < 4.78 is 5.46. The van der Waals surface area contributed by atoms with Crippen LogP contribution in [0.25, 0.3) is 33.0 Å². The Hall–Kier alpha value is -2.94. The number of benzene rings is 2. The summed E-state index contributed by atoms with van der Waals surface area (Å²) >= 11 is 0. The van der Waals surface area contributed by atoms with Crippen molar-refractivity contribution in [2.45, 2.75) is 0 Å². The number of hydrogen-bond donors (Lipinski definition) is 0. The standard InChI is InChI=1S/C18H11NO2/c20-18-15(16-7-3-4-10-19-16)11-14-13-6-2-1-5-12(13)8-9-17(14)21-18/h1-11H. The van der Waals surface area contributed by atoms with Crippen molar-refractivity contribution in [3.05, 3.63) is 77.3 Å². The number of nitrogens with zero attached hydrogens (tertiary/aromatic N) is 1. The highest BCUT2D eigenvalue weighted by Crippen LogP contribution is 2.27. The topological polar surface area (TPSA) is 43.1 Å². The molecule has 0 saturated heterocycles. The van der Waals surface area contributed by atoms with Crippen LogP contribution < -0.4 is 5.63 Å². The summed E-state index contributed by atoms with van der Waals surface area (Å²) in [7, 11) is 0. The van der Waals surface area contributed by atoms with Crippen LogP contribution in [0.1, 0.15) is 0 Å². The Labute approximate surface area is 120 Å². The Balaban J connectivity index is 2.12. The van der Waals surface area contributed by atoms with Crippen LogP contribution >= 0.6 is 0 Å². The molecule has 0 spiro atoms. The first-order chi connectivity index (χ1) is 10.3. The van der Waals surface area contributed by atoms with E-state index >= 15 is 0 Å². The molecule has 0 atom stereocenters. The Morgan fingerprint density at radius 3 is 2.57 bits per heavy atom. The number of aromatic nitrogens is 1. The van der Waals surface area contributed by atoms with Gasteiger partial charge in [0.15, 0.2) is 0 Å². The minimum absolute atomic E-state index is 0.364. The van der Waals surface area contributed by atoms with Gasteiger partial charge < -0.3 is 4.42 Å². The Morgan fingerprint density at radius 2 is 1.71 bits per heavy atom. The molecule has 4 aromatic rings. The second-order valence-corrected chi connectivity index (χ2v) is 4.86. The molecular formula is C18H11NO2. The Kier molecular flexibility index (Phi) is 2.57. The van der Waals surface area contributed by atoms with Crippen molar-refractivity contribution >= 4 is 21.7 Å². The highest BCUT2D eigenvalue weighted by Gasteiger charge is 2.10. The van der Waals surface area contributed by atoms with Crippen LogP contribution in [-0.4, -0.2) is 4.98 Å². The van der Waals surface area contributed by atoms with Crippen LogP contribution in [-0.2, 0) is 0 Å². The fraction of sp³-hybridized carbons (Fsp3) is 0. The zero-order valence-corrected chi connectivity index (χ0v) is 11.1. The van der Waals surface area contributed by atoms with Crippen LogP contribution in [0.2, 0.25) is 0 Å². The largest absolute Gasteiger partial charge is 0.422 e. The lowest BCUT2D eigenvalue weighted by Crippen LogP contribution is -2.03. The van der Waals surface area contributed by atoms with Gasteiger partial charge in [0.05, 0.1) is 11.3 Å². The lowest BCUT2D eigenvalue weighted by molar-refractivity contribution is 0.563. The summed E-state index contributed by atoms with van der Waals surface area (Å²) in [5.74, 6) is 0. The summed E-state index contributed by atoms with van der Waals surface area (Å²) in [6, 6.07) is 19.2. The van der Waals surface area contributed by atoms with Crippen molar-refractivity contribution in [1.29, 1.82) is 0 Å².